The minimum Gasteiger partial charge on any atom is -0.494 e. The number of nitrogen functional groups attached to an aromatic ring is 1. The number of aromatic nitrogens is 3. The Bertz CT molecular complexity index is 1670. The molecule has 0 amide bonds. The molecule has 5 N–H and O–H groups in total. The molecule has 17 heteroatoms. The molecule has 0 aliphatic carbocycles. The third kappa shape index (κ3) is 9.85. The average Bonchev–Trinajstić information content (AvgIpc) is 3.64. The predicted octanol–water partition coefficient (Wildman–Crippen LogP) is 3.95. The molecule has 6 atom stereocenters. The first kappa shape index (κ1) is 39.3. The highest BCUT2D eigenvalue weighted by molar-refractivity contribution is 7.47. The van der Waals surface area contributed by atoms with E-state index in [4.69, 9.17) is 33.7 Å². The molecule has 1 aromatic carbocycles. The van der Waals surface area contributed by atoms with Crippen LogP contribution in [0.3, 0.4) is 0 Å². The standard InChI is InChI=1S/C33H45FN5O10P/c1-4-5-13-45-14-7-6-8-22(2)15-24(46-17-23-9-11-27(44-3)25(34)16-23)18-47-50(42,43)48-19-28-30(40)31(41)33(20-35,49-28)29-12-10-26-32(36)37-21-38-39(26)29/h9-12,16,21,24,28,30-31,40-41H,2,4-8,13-15,17-19H2,1,3H3,(H,42,43)(H2,36,37,38)/t24-,28-,30+,31?,33+/m1/s1. The van der Waals surface area contributed by atoms with E-state index in [0.717, 1.165) is 44.2 Å². The number of anilines is 1. The lowest BCUT2D eigenvalue weighted by Gasteiger charge is -2.24. The first-order chi connectivity index (χ1) is 23.9. The average molecular weight is 722 g/mol. The van der Waals surface area contributed by atoms with Gasteiger partial charge >= 0.3 is 7.82 Å². The zero-order valence-corrected chi connectivity index (χ0v) is 29.0. The quantitative estimate of drug-likeness (QED) is 0.0697. The van der Waals surface area contributed by atoms with Crippen molar-refractivity contribution in [1.29, 1.82) is 5.26 Å². The van der Waals surface area contributed by atoms with Gasteiger partial charge in [0.2, 0.25) is 5.60 Å². The molecule has 1 aliphatic rings. The second-order valence-electron chi connectivity index (χ2n) is 11.9. The number of unbranched alkanes of at least 4 members (excludes halogenated alkanes) is 2. The molecule has 0 radical (unpaired) electrons. The van der Waals surface area contributed by atoms with Gasteiger partial charge in [-0.25, -0.2) is 18.5 Å². The number of nitrogens with zero attached hydrogens (tertiary/aromatic N) is 4. The fourth-order valence-corrected chi connectivity index (χ4v) is 6.23. The van der Waals surface area contributed by atoms with Gasteiger partial charge in [0.1, 0.15) is 36.2 Å². The molecule has 1 aliphatic heterocycles. The summed E-state index contributed by atoms with van der Waals surface area (Å²) < 4.78 is 61.3. The Hall–Kier alpha value is -3.49. The van der Waals surface area contributed by atoms with E-state index in [1.54, 1.807) is 6.07 Å². The van der Waals surface area contributed by atoms with E-state index in [9.17, 15) is 29.3 Å². The van der Waals surface area contributed by atoms with E-state index in [0.29, 0.717) is 24.1 Å². The van der Waals surface area contributed by atoms with Crippen LogP contribution in [-0.4, -0.2) is 87.7 Å². The summed E-state index contributed by atoms with van der Waals surface area (Å²) in [6, 6.07) is 9.22. The van der Waals surface area contributed by atoms with Gasteiger partial charge in [-0.1, -0.05) is 31.6 Å². The number of nitrogens with two attached hydrogens (primary N) is 1. The van der Waals surface area contributed by atoms with Crippen LogP contribution in [0.2, 0.25) is 0 Å². The minimum absolute atomic E-state index is 0.0364. The number of hydrogen-bond donors (Lipinski definition) is 4. The molecule has 2 unspecified atom stereocenters. The number of methoxy groups -OCH3 is 1. The Morgan fingerprint density at radius 1 is 1.24 bits per heavy atom. The third-order valence-electron chi connectivity index (χ3n) is 8.24. The number of nitriles is 1. The van der Waals surface area contributed by atoms with Crippen molar-refractivity contribution in [3.8, 4) is 11.8 Å². The molecule has 274 valence electrons. The summed E-state index contributed by atoms with van der Waals surface area (Å²) in [6.45, 7) is 6.42. The van der Waals surface area contributed by atoms with Gasteiger partial charge < -0.3 is 39.8 Å². The van der Waals surface area contributed by atoms with Gasteiger partial charge in [0.25, 0.3) is 0 Å². The van der Waals surface area contributed by atoms with E-state index in [2.05, 4.69) is 23.6 Å². The highest BCUT2D eigenvalue weighted by Crippen LogP contribution is 2.46. The van der Waals surface area contributed by atoms with Gasteiger partial charge in [-0.2, -0.15) is 10.4 Å². The Balaban J connectivity index is 1.36. The summed E-state index contributed by atoms with van der Waals surface area (Å²) in [7, 11) is -3.44. The van der Waals surface area contributed by atoms with Crippen LogP contribution in [0.5, 0.6) is 5.75 Å². The topological polar surface area (TPSA) is 213 Å². The minimum atomic E-state index is -4.80. The fourth-order valence-electron chi connectivity index (χ4n) is 5.46. The van der Waals surface area contributed by atoms with Crippen molar-refractivity contribution in [2.45, 2.75) is 82.1 Å². The van der Waals surface area contributed by atoms with Crippen molar-refractivity contribution >= 4 is 19.2 Å². The van der Waals surface area contributed by atoms with Gasteiger partial charge in [0, 0.05) is 13.2 Å². The molecule has 0 bridgehead atoms. The molecule has 0 spiro atoms. The Morgan fingerprint density at radius 3 is 2.74 bits per heavy atom. The van der Waals surface area contributed by atoms with Gasteiger partial charge in [-0.3, -0.25) is 9.05 Å². The fraction of sp³-hybridized carbons (Fsp3) is 0.545. The molecule has 1 fully saturated rings. The predicted molar refractivity (Wildman–Crippen MR) is 178 cm³/mol. The molecule has 3 heterocycles. The number of phosphoric ester groups is 1. The lowest BCUT2D eigenvalue weighted by Crippen LogP contribution is -2.41. The van der Waals surface area contributed by atoms with Crippen molar-refractivity contribution in [3.63, 3.8) is 0 Å². The number of phosphoric acid groups is 1. The molecule has 15 nitrogen and oxygen atoms in total. The Labute approximate surface area is 289 Å². The number of rotatable bonds is 21. The Morgan fingerprint density at radius 2 is 2.02 bits per heavy atom. The van der Waals surface area contributed by atoms with Crippen LogP contribution < -0.4 is 10.5 Å². The van der Waals surface area contributed by atoms with Crippen molar-refractivity contribution in [2.24, 2.45) is 0 Å². The Kier molecular flexibility index (Phi) is 14.3. The van der Waals surface area contributed by atoms with Gasteiger partial charge in [0.15, 0.2) is 17.4 Å². The summed E-state index contributed by atoms with van der Waals surface area (Å²) in [5.74, 6) is -0.375. The van der Waals surface area contributed by atoms with Crippen LogP contribution >= 0.6 is 7.82 Å². The molecule has 3 aromatic rings. The van der Waals surface area contributed by atoms with Crippen LogP contribution in [0.4, 0.5) is 10.2 Å². The van der Waals surface area contributed by atoms with E-state index in [1.165, 1.54) is 35.9 Å². The maximum absolute atomic E-state index is 14.3. The normalized spacial score (nSPS) is 22.3. The van der Waals surface area contributed by atoms with Gasteiger partial charge in [-0.15, -0.1) is 0 Å². The molecular weight excluding hydrogens is 676 g/mol. The first-order valence-electron chi connectivity index (χ1n) is 16.3. The third-order valence-corrected chi connectivity index (χ3v) is 9.19. The molecule has 50 heavy (non-hydrogen) atoms. The monoisotopic (exact) mass is 721 g/mol. The first-order valence-corrected chi connectivity index (χ1v) is 17.8. The molecule has 0 saturated carbocycles. The highest BCUT2D eigenvalue weighted by atomic mass is 31.2. The summed E-state index contributed by atoms with van der Waals surface area (Å²) in [4.78, 5) is 14.4. The number of benzene rings is 1. The van der Waals surface area contributed by atoms with E-state index in [-0.39, 0.29) is 30.3 Å². The summed E-state index contributed by atoms with van der Waals surface area (Å²) in [5, 5.41) is 35.9. The van der Waals surface area contributed by atoms with Crippen molar-refractivity contribution < 1.29 is 52.1 Å². The van der Waals surface area contributed by atoms with Gasteiger partial charge in [-0.05, 0) is 61.9 Å². The van der Waals surface area contributed by atoms with Crippen molar-refractivity contribution in [2.75, 3.05) is 39.3 Å². The number of aliphatic hydroxyl groups is 2. The molecule has 1 saturated heterocycles. The van der Waals surface area contributed by atoms with Gasteiger partial charge in [0.05, 0.1) is 38.7 Å². The van der Waals surface area contributed by atoms with Crippen LogP contribution in [-0.2, 0) is 40.0 Å². The SMILES string of the molecule is C=C(CCCCOCCCC)C[C@H](COP(=O)(O)OC[C@H]1O[C@@](C#N)(c2ccc3c(N)ncnn23)C(O)[C@H]1O)OCc1ccc(OC)c(F)c1. The zero-order valence-electron chi connectivity index (χ0n) is 28.1. The number of hydrogen-bond acceptors (Lipinski definition) is 13. The summed E-state index contributed by atoms with van der Waals surface area (Å²) >= 11 is 0. The lowest BCUT2D eigenvalue weighted by atomic mass is 9.92. The van der Waals surface area contributed by atoms with E-state index >= 15 is 0 Å². The maximum Gasteiger partial charge on any atom is 0.472 e. The number of halogens is 1. The lowest BCUT2D eigenvalue weighted by molar-refractivity contribution is -0.0656. The number of fused-ring (bicyclic) bond motifs is 1. The number of aliphatic hydroxyl groups excluding tert-OH is 2. The highest BCUT2D eigenvalue weighted by Gasteiger charge is 2.58. The van der Waals surface area contributed by atoms with Crippen molar-refractivity contribution in [1.82, 2.24) is 14.6 Å². The molecular formula is C33H45FN5O10P. The maximum atomic E-state index is 14.3. The molecule has 2 aromatic heterocycles. The zero-order chi connectivity index (χ0) is 36.3. The van der Waals surface area contributed by atoms with Crippen LogP contribution in [0, 0.1) is 17.1 Å². The van der Waals surface area contributed by atoms with Crippen LogP contribution in [0.15, 0.2) is 48.8 Å². The summed E-state index contributed by atoms with van der Waals surface area (Å²) in [5.41, 5.74) is 5.48. The van der Waals surface area contributed by atoms with E-state index in [1.807, 2.05) is 6.07 Å². The second kappa shape index (κ2) is 18.1. The molecule has 4 rings (SSSR count). The largest absolute Gasteiger partial charge is 0.494 e. The van der Waals surface area contributed by atoms with Crippen LogP contribution in [0.25, 0.3) is 5.52 Å². The van der Waals surface area contributed by atoms with E-state index < -0.39 is 56.9 Å². The second-order valence-corrected chi connectivity index (χ2v) is 13.4. The van der Waals surface area contributed by atoms with Crippen molar-refractivity contribution in [3.05, 3.63) is 65.9 Å². The smallest absolute Gasteiger partial charge is 0.472 e. The number of ether oxygens (including phenoxy) is 4. The van der Waals surface area contributed by atoms with Crippen LogP contribution in [0.1, 0.15) is 56.7 Å². The summed E-state index contributed by atoms with van der Waals surface area (Å²) in [6.07, 6.45) is 0.165.